The highest BCUT2D eigenvalue weighted by molar-refractivity contribution is 7.20. The van der Waals surface area contributed by atoms with Crippen molar-refractivity contribution < 1.29 is 19.0 Å². The minimum atomic E-state index is -0.711. The fourth-order valence-corrected chi connectivity index (χ4v) is 3.81. The standard InChI is InChI=1S/C18H14N4O4S/c1-2-24-17(23)14-6-10-15(21-18(20)22-16(10)27-14)11(7-19)9-3-4-12-13(5-9)26-8-25-12/h3-6,11H,2,8H2,1H3,(H2,20,21,22). The third-order valence-electron chi connectivity index (χ3n) is 4.05. The molecule has 1 unspecified atom stereocenters. The van der Waals surface area contributed by atoms with E-state index in [-0.39, 0.29) is 19.3 Å². The number of aromatic nitrogens is 2. The fraction of sp³-hybridized carbons (Fsp3) is 0.222. The summed E-state index contributed by atoms with van der Waals surface area (Å²) in [7, 11) is 0. The lowest BCUT2D eigenvalue weighted by Gasteiger charge is -2.11. The highest BCUT2D eigenvalue weighted by Crippen LogP contribution is 2.38. The predicted octanol–water partition coefficient (Wildman–Crippen LogP) is 2.83. The van der Waals surface area contributed by atoms with Gasteiger partial charge in [0.25, 0.3) is 0 Å². The molecule has 2 N–H and O–H groups in total. The zero-order valence-electron chi connectivity index (χ0n) is 14.3. The highest BCUT2D eigenvalue weighted by atomic mass is 32.1. The number of esters is 1. The maximum absolute atomic E-state index is 12.1. The van der Waals surface area contributed by atoms with Gasteiger partial charge in [0, 0.05) is 5.39 Å². The number of hydrogen-bond acceptors (Lipinski definition) is 9. The number of rotatable bonds is 4. The number of nitrogens with zero attached hydrogens (tertiary/aromatic N) is 3. The van der Waals surface area contributed by atoms with Crippen LogP contribution < -0.4 is 15.2 Å². The lowest BCUT2D eigenvalue weighted by Crippen LogP contribution is -2.06. The number of thiophene rings is 1. The van der Waals surface area contributed by atoms with E-state index in [1.165, 1.54) is 0 Å². The van der Waals surface area contributed by atoms with Crippen LogP contribution >= 0.6 is 11.3 Å². The summed E-state index contributed by atoms with van der Waals surface area (Å²) in [6, 6.07) is 9.18. The average Bonchev–Trinajstić information content (AvgIpc) is 3.28. The van der Waals surface area contributed by atoms with E-state index >= 15 is 0 Å². The zero-order chi connectivity index (χ0) is 19.0. The van der Waals surface area contributed by atoms with E-state index in [2.05, 4.69) is 16.0 Å². The molecular formula is C18H14N4O4S. The van der Waals surface area contributed by atoms with Crippen LogP contribution in [0.25, 0.3) is 10.2 Å². The van der Waals surface area contributed by atoms with Gasteiger partial charge in [-0.25, -0.2) is 14.8 Å². The Morgan fingerprint density at radius 2 is 2.19 bits per heavy atom. The molecule has 4 rings (SSSR count). The Morgan fingerprint density at radius 1 is 1.37 bits per heavy atom. The van der Waals surface area contributed by atoms with Crippen LogP contribution in [0, 0.1) is 11.3 Å². The molecule has 0 amide bonds. The number of nitrogen functional groups attached to an aromatic ring is 1. The number of benzene rings is 1. The van der Waals surface area contributed by atoms with Crippen LogP contribution in [0.5, 0.6) is 11.5 Å². The largest absolute Gasteiger partial charge is 0.462 e. The topological polar surface area (TPSA) is 120 Å². The molecule has 27 heavy (non-hydrogen) atoms. The first kappa shape index (κ1) is 17.1. The summed E-state index contributed by atoms with van der Waals surface area (Å²) in [5.74, 6) is 0.0841. The first-order valence-corrected chi connectivity index (χ1v) is 8.95. The third kappa shape index (κ3) is 3.00. The molecular weight excluding hydrogens is 368 g/mol. The van der Waals surface area contributed by atoms with Crippen molar-refractivity contribution in [1.82, 2.24) is 9.97 Å². The molecule has 1 atom stereocenters. The van der Waals surface area contributed by atoms with E-state index in [1.807, 2.05) is 0 Å². The fourth-order valence-electron chi connectivity index (χ4n) is 2.87. The van der Waals surface area contributed by atoms with Crippen molar-refractivity contribution >= 4 is 33.5 Å². The highest BCUT2D eigenvalue weighted by Gasteiger charge is 2.25. The van der Waals surface area contributed by atoms with Crippen molar-refractivity contribution in [3.8, 4) is 17.6 Å². The van der Waals surface area contributed by atoms with Gasteiger partial charge in [-0.2, -0.15) is 5.26 Å². The molecule has 3 aromatic rings. The number of carbonyl (C=O) groups excluding carboxylic acids is 1. The molecule has 0 aliphatic carbocycles. The van der Waals surface area contributed by atoms with E-state index in [0.29, 0.717) is 37.9 Å². The first-order chi connectivity index (χ1) is 13.1. The molecule has 1 aromatic carbocycles. The zero-order valence-corrected chi connectivity index (χ0v) is 15.1. The second kappa shape index (κ2) is 6.74. The van der Waals surface area contributed by atoms with Gasteiger partial charge >= 0.3 is 5.97 Å². The SMILES string of the molecule is CCOC(=O)c1cc2c(C(C#N)c3ccc4c(c3)OCO4)nc(N)nc2s1. The van der Waals surface area contributed by atoms with Crippen molar-refractivity contribution in [3.05, 3.63) is 40.4 Å². The van der Waals surface area contributed by atoms with E-state index in [9.17, 15) is 10.1 Å². The van der Waals surface area contributed by atoms with Gasteiger partial charge < -0.3 is 19.9 Å². The normalized spacial score (nSPS) is 13.3. The number of hydrogen-bond donors (Lipinski definition) is 1. The average molecular weight is 382 g/mol. The minimum absolute atomic E-state index is 0.0377. The second-order valence-electron chi connectivity index (χ2n) is 5.69. The molecule has 3 heterocycles. The second-order valence-corrected chi connectivity index (χ2v) is 6.72. The Kier molecular flexibility index (Phi) is 4.25. The molecule has 0 saturated carbocycles. The number of anilines is 1. The molecule has 9 heteroatoms. The molecule has 8 nitrogen and oxygen atoms in total. The Morgan fingerprint density at radius 3 is 2.96 bits per heavy atom. The van der Waals surface area contributed by atoms with E-state index < -0.39 is 11.9 Å². The van der Waals surface area contributed by atoms with E-state index in [4.69, 9.17) is 19.9 Å². The molecule has 1 aliphatic rings. The Balaban J connectivity index is 1.83. The van der Waals surface area contributed by atoms with Gasteiger partial charge in [-0.3, -0.25) is 0 Å². The van der Waals surface area contributed by atoms with Crippen LogP contribution in [-0.4, -0.2) is 29.3 Å². The van der Waals surface area contributed by atoms with Gasteiger partial charge in [0.15, 0.2) is 11.5 Å². The van der Waals surface area contributed by atoms with Gasteiger partial charge in [-0.15, -0.1) is 11.3 Å². The predicted molar refractivity (Wildman–Crippen MR) is 97.8 cm³/mol. The number of nitrogens with two attached hydrogens (primary N) is 1. The molecule has 0 bridgehead atoms. The van der Waals surface area contributed by atoms with Gasteiger partial charge in [0.1, 0.15) is 15.6 Å². The Labute approximate surface area is 158 Å². The van der Waals surface area contributed by atoms with Crippen molar-refractivity contribution in [3.63, 3.8) is 0 Å². The smallest absolute Gasteiger partial charge is 0.348 e. The van der Waals surface area contributed by atoms with Crippen LogP contribution in [0.2, 0.25) is 0 Å². The van der Waals surface area contributed by atoms with Crippen molar-refractivity contribution in [2.45, 2.75) is 12.8 Å². The number of carbonyl (C=O) groups is 1. The Hall–Kier alpha value is -3.38. The van der Waals surface area contributed by atoms with Crippen molar-refractivity contribution in [1.29, 1.82) is 5.26 Å². The summed E-state index contributed by atoms with van der Waals surface area (Å²) >= 11 is 1.16. The number of ether oxygens (including phenoxy) is 3. The van der Waals surface area contributed by atoms with E-state index in [1.54, 1.807) is 31.2 Å². The maximum Gasteiger partial charge on any atom is 0.348 e. The summed E-state index contributed by atoms with van der Waals surface area (Å²) in [4.78, 5) is 21.5. The minimum Gasteiger partial charge on any atom is -0.462 e. The number of fused-ring (bicyclic) bond motifs is 2. The van der Waals surface area contributed by atoms with E-state index in [0.717, 1.165) is 11.3 Å². The quantitative estimate of drug-likeness (QED) is 0.684. The third-order valence-corrected chi connectivity index (χ3v) is 5.06. The van der Waals surface area contributed by atoms with Crippen molar-refractivity contribution in [2.24, 2.45) is 0 Å². The summed E-state index contributed by atoms with van der Waals surface area (Å²) in [5.41, 5.74) is 6.96. The Bertz CT molecular complexity index is 1090. The molecule has 0 saturated heterocycles. The molecule has 0 fully saturated rings. The maximum atomic E-state index is 12.1. The molecule has 0 spiro atoms. The van der Waals surface area contributed by atoms with Gasteiger partial charge in [-0.1, -0.05) is 6.07 Å². The van der Waals surface area contributed by atoms with Gasteiger partial charge in [0.05, 0.1) is 18.4 Å². The molecule has 1 aliphatic heterocycles. The molecule has 2 aromatic heterocycles. The van der Waals surface area contributed by atoms with Crippen LogP contribution in [0.15, 0.2) is 24.3 Å². The van der Waals surface area contributed by atoms with Crippen LogP contribution in [0.4, 0.5) is 5.95 Å². The van der Waals surface area contributed by atoms with Gasteiger partial charge in [-0.05, 0) is 30.7 Å². The van der Waals surface area contributed by atoms with Crippen molar-refractivity contribution in [2.75, 3.05) is 19.1 Å². The summed E-state index contributed by atoms with van der Waals surface area (Å²) < 4.78 is 15.8. The van der Waals surface area contributed by atoms with Crippen LogP contribution in [0.1, 0.15) is 33.8 Å². The molecule has 136 valence electrons. The summed E-state index contributed by atoms with van der Waals surface area (Å²) in [6.07, 6.45) is 0. The molecule has 0 radical (unpaired) electrons. The summed E-state index contributed by atoms with van der Waals surface area (Å²) in [6.45, 7) is 2.15. The summed E-state index contributed by atoms with van der Waals surface area (Å²) in [5, 5.41) is 10.4. The lowest BCUT2D eigenvalue weighted by molar-refractivity contribution is 0.0532. The van der Waals surface area contributed by atoms with Crippen LogP contribution in [0.3, 0.4) is 0 Å². The number of nitriles is 1. The van der Waals surface area contributed by atoms with Gasteiger partial charge in [0.2, 0.25) is 12.7 Å². The van der Waals surface area contributed by atoms with Crippen LogP contribution in [-0.2, 0) is 4.74 Å². The monoisotopic (exact) mass is 382 g/mol. The lowest BCUT2D eigenvalue weighted by atomic mass is 9.95. The first-order valence-electron chi connectivity index (χ1n) is 8.14.